The predicted molar refractivity (Wildman–Crippen MR) is 68.6 cm³/mol. The minimum atomic E-state index is -0.0353. The lowest BCUT2D eigenvalue weighted by molar-refractivity contribution is -0.0224. The van der Waals surface area contributed by atoms with Crippen LogP contribution in [0.25, 0.3) is 0 Å². The van der Waals surface area contributed by atoms with E-state index in [-0.39, 0.29) is 11.1 Å². The van der Waals surface area contributed by atoms with Crippen LogP contribution in [0.2, 0.25) is 0 Å². The zero-order chi connectivity index (χ0) is 12.2. The van der Waals surface area contributed by atoms with Crippen molar-refractivity contribution < 1.29 is 4.74 Å². The van der Waals surface area contributed by atoms with Crippen LogP contribution in [0.3, 0.4) is 0 Å². The molecule has 3 heteroatoms. The highest BCUT2D eigenvalue weighted by molar-refractivity contribution is 4.94. The van der Waals surface area contributed by atoms with Gasteiger partial charge in [-0.25, -0.2) is 0 Å². The minimum absolute atomic E-state index is 0.0353. The van der Waals surface area contributed by atoms with Gasteiger partial charge in [0, 0.05) is 18.6 Å². The maximum absolute atomic E-state index is 5.94. The number of likely N-dealkylation sites (N-methyl/N-ethyl adjacent to an activating group) is 1. The van der Waals surface area contributed by atoms with Gasteiger partial charge in [-0.3, -0.25) is 4.90 Å². The Labute approximate surface area is 100 Å². The van der Waals surface area contributed by atoms with Crippen LogP contribution in [0, 0.1) is 0 Å². The van der Waals surface area contributed by atoms with Gasteiger partial charge in [0.1, 0.15) is 0 Å². The van der Waals surface area contributed by atoms with Crippen LogP contribution in [0.1, 0.15) is 46.5 Å². The van der Waals surface area contributed by atoms with Crippen LogP contribution in [0.5, 0.6) is 0 Å². The van der Waals surface area contributed by atoms with Crippen molar-refractivity contribution in [2.24, 2.45) is 5.73 Å². The summed E-state index contributed by atoms with van der Waals surface area (Å²) in [7, 11) is 2.18. The molecule has 96 valence electrons. The van der Waals surface area contributed by atoms with Crippen molar-refractivity contribution in [3.8, 4) is 0 Å². The maximum Gasteiger partial charge on any atom is 0.0600 e. The van der Waals surface area contributed by atoms with E-state index in [0.717, 1.165) is 19.7 Å². The molecule has 0 unspecified atom stereocenters. The van der Waals surface area contributed by atoms with Crippen LogP contribution < -0.4 is 5.73 Å². The van der Waals surface area contributed by atoms with E-state index in [2.05, 4.69) is 32.7 Å². The van der Waals surface area contributed by atoms with Crippen LogP contribution in [0.15, 0.2) is 0 Å². The van der Waals surface area contributed by atoms with Crippen LogP contribution in [0.4, 0.5) is 0 Å². The van der Waals surface area contributed by atoms with Crippen LogP contribution in [-0.2, 0) is 4.74 Å². The van der Waals surface area contributed by atoms with Gasteiger partial charge in [0.2, 0.25) is 0 Å². The van der Waals surface area contributed by atoms with E-state index >= 15 is 0 Å². The summed E-state index contributed by atoms with van der Waals surface area (Å²) in [5.41, 5.74) is 6.16. The van der Waals surface area contributed by atoms with Crippen molar-refractivity contribution >= 4 is 0 Å². The van der Waals surface area contributed by atoms with Crippen molar-refractivity contribution in [2.75, 3.05) is 26.7 Å². The molecule has 2 N–H and O–H groups in total. The molecule has 3 nitrogen and oxygen atoms in total. The van der Waals surface area contributed by atoms with Crippen molar-refractivity contribution in [2.45, 2.75) is 57.6 Å². The Bertz CT molecular complexity index is 204. The number of ether oxygens (including phenoxy) is 1. The van der Waals surface area contributed by atoms with Crippen molar-refractivity contribution in [1.29, 1.82) is 0 Å². The molecule has 1 saturated carbocycles. The normalized spacial score (nSPS) is 20.6. The van der Waals surface area contributed by atoms with Gasteiger partial charge in [-0.05, 0) is 40.7 Å². The first-order valence-electron chi connectivity index (χ1n) is 6.45. The molecular weight excluding hydrogens is 200 g/mol. The lowest BCUT2D eigenvalue weighted by Crippen LogP contribution is -2.51. The van der Waals surface area contributed by atoms with Gasteiger partial charge >= 0.3 is 0 Å². The standard InChI is InChI=1S/C13H28N2O/c1-12(2,3)16-10-9-15(4)13(11-14)7-5-6-8-13/h5-11,14H2,1-4H3. The smallest absolute Gasteiger partial charge is 0.0600 e. The second kappa shape index (κ2) is 5.48. The molecule has 0 bridgehead atoms. The second-order valence-corrected chi connectivity index (χ2v) is 6.02. The van der Waals surface area contributed by atoms with Crippen LogP contribution in [-0.4, -0.2) is 42.8 Å². The van der Waals surface area contributed by atoms with Crippen LogP contribution >= 0.6 is 0 Å². The molecule has 0 saturated heterocycles. The summed E-state index contributed by atoms with van der Waals surface area (Å²) in [6.07, 6.45) is 5.13. The summed E-state index contributed by atoms with van der Waals surface area (Å²) >= 11 is 0. The Kier molecular flexibility index (Phi) is 4.77. The molecule has 0 amide bonds. The number of nitrogens with two attached hydrogens (primary N) is 1. The summed E-state index contributed by atoms with van der Waals surface area (Å²) in [6.45, 7) is 8.85. The number of hydrogen-bond donors (Lipinski definition) is 1. The fourth-order valence-electron chi connectivity index (χ4n) is 2.50. The molecule has 1 fully saturated rings. The van der Waals surface area contributed by atoms with E-state index in [1.165, 1.54) is 25.7 Å². The average molecular weight is 228 g/mol. The third-order valence-corrected chi connectivity index (χ3v) is 3.69. The average Bonchev–Trinajstić information content (AvgIpc) is 2.65. The SMILES string of the molecule is CN(CCOC(C)(C)C)C1(CN)CCCC1. The molecule has 0 heterocycles. The first kappa shape index (κ1) is 13.9. The predicted octanol–water partition coefficient (Wildman–Crippen LogP) is 2.00. The Morgan fingerprint density at radius 2 is 1.81 bits per heavy atom. The zero-order valence-corrected chi connectivity index (χ0v) is 11.4. The molecule has 0 aromatic carbocycles. The topological polar surface area (TPSA) is 38.5 Å². The first-order chi connectivity index (χ1) is 7.40. The second-order valence-electron chi connectivity index (χ2n) is 6.02. The lowest BCUT2D eigenvalue weighted by atomic mass is 9.96. The highest BCUT2D eigenvalue weighted by atomic mass is 16.5. The Morgan fingerprint density at radius 3 is 2.25 bits per heavy atom. The van der Waals surface area contributed by atoms with Crippen molar-refractivity contribution in [3.63, 3.8) is 0 Å². The summed E-state index contributed by atoms with van der Waals surface area (Å²) in [6, 6.07) is 0. The number of hydrogen-bond acceptors (Lipinski definition) is 3. The van der Waals surface area contributed by atoms with E-state index in [9.17, 15) is 0 Å². The molecule has 0 aromatic rings. The van der Waals surface area contributed by atoms with E-state index in [1.54, 1.807) is 0 Å². The summed E-state index contributed by atoms with van der Waals surface area (Å²) < 4.78 is 5.77. The molecule has 1 aliphatic rings. The van der Waals surface area contributed by atoms with Gasteiger partial charge < -0.3 is 10.5 Å². The number of nitrogens with zero attached hydrogens (tertiary/aromatic N) is 1. The van der Waals surface area contributed by atoms with Gasteiger partial charge in [0.05, 0.1) is 12.2 Å². The highest BCUT2D eigenvalue weighted by Crippen LogP contribution is 2.33. The molecule has 0 aliphatic heterocycles. The summed E-state index contributed by atoms with van der Waals surface area (Å²) in [5, 5.41) is 0. The Morgan fingerprint density at radius 1 is 1.25 bits per heavy atom. The summed E-state index contributed by atoms with van der Waals surface area (Å²) in [4.78, 5) is 2.41. The van der Waals surface area contributed by atoms with Gasteiger partial charge in [-0.1, -0.05) is 12.8 Å². The van der Waals surface area contributed by atoms with E-state index < -0.39 is 0 Å². The molecule has 1 aliphatic carbocycles. The van der Waals surface area contributed by atoms with Gasteiger partial charge in [-0.15, -0.1) is 0 Å². The Balaban J connectivity index is 2.36. The molecule has 0 radical (unpaired) electrons. The maximum atomic E-state index is 5.94. The molecular formula is C13H28N2O. The minimum Gasteiger partial charge on any atom is -0.375 e. The van der Waals surface area contributed by atoms with Crippen molar-refractivity contribution in [1.82, 2.24) is 4.90 Å². The zero-order valence-electron chi connectivity index (χ0n) is 11.4. The summed E-state index contributed by atoms with van der Waals surface area (Å²) in [5.74, 6) is 0. The van der Waals surface area contributed by atoms with E-state index in [4.69, 9.17) is 10.5 Å². The van der Waals surface area contributed by atoms with Gasteiger partial charge in [0.15, 0.2) is 0 Å². The largest absolute Gasteiger partial charge is 0.375 e. The van der Waals surface area contributed by atoms with Gasteiger partial charge in [0.25, 0.3) is 0 Å². The third kappa shape index (κ3) is 3.72. The van der Waals surface area contributed by atoms with Crippen molar-refractivity contribution in [3.05, 3.63) is 0 Å². The highest BCUT2D eigenvalue weighted by Gasteiger charge is 2.36. The first-order valence-corrected chi connectivity index (χ1v) is 6.45. The fourth-order valence-corrected chi connectivity index (χ4v) is 2.50. The van der Waals surface area contributed by atoms with E-state index in [1.807, 2.05) is 0 Å². The molecule has 0 spiro atoms. The molecule has 0 atom stereocenters. The quantitative estimate of drug-likeness (QED) is 0.782. The fraction of sp³-hybridized carbons (Fsp3) is 1.00. The third-order valence-electron chi connectivity index (χ3n) is 3.69. The molecule has 1 rings (SSSR count). The monoisotopic (exact) mass is 228 g/mol. The van der Waals surface area contributed by atoms with Gasteiger partial charge in [-0.2, -0.15) is 0 Å². The number of rotatable bonds is 5. The molecule has 16 heavy (non-hydrogen) atoms. The van der Waals surface area contributed by atoms with E-state index in [0.29, 0.717) is 0 Å². The lowest BCUT2D eigenvalue weighted by Gasteiger charge is -2.38. The Hall–Kier alpha value is -0.120. The molecule has 0 aromatic heterocycles.